The number of alkyl halides is 3. The highest BCUT2D eigenvalue weighted by atomic mass is 35.5. The first kappa shape index (κ1) is 15.3. The predicted octanol–water partition coefficient (Wildman–Crippen LogP) is 4.59. The molecule has 0 bridgehead atoms. The van der Waals surface area contributed by atoms with Crippen LogP contribution in [-0.2, 0) is 12.7 Å². The number of hydrogen-bond acceptors (Lipinski definition) is 3. The number of thiazole rings is 1. The van der Waals surface area contributed by atoms with Gasteiger partial charge in [0.05, 0.1) is 9.90 Å². The van der Waals surface area contributed by atoms with Crippen LogP contribution in [0.1, 0.15) is 17.5 Å². The van der Waals surface area contributed by atoms with Crippen molar-refractivity contribution in [2.24, 2.45) is 0 Å². The van der Waals surface area contributed by atoms with Gasteiger partial charge in [0.15, 0.2) is 5.69 Å². The van der Waals surface area contributed by atoms with Crippen LogP contribution in [0.2, 0.25) is 5.02 Å². The molecule has 0 saturated heterocycles. The average Bonchev–Trinajstić information content (AvgIpc) is 2.80. The van der Waals surface area contributed by atoms with Crippen molar-refractivity contribution >= 4 is 22.9 Å². The van der Waals surface area contributed by atoms with Gasteiger partial charge in [0.2, 0.25) is 0 Å². The molecule has 20 heavy (non-hydrogen) atoms. The molecule has 1 N–H and O–H groups in total. The minimum atomic E-state index is -4.46. The van der Waals surface area contributed by atoms with Gasteiger partial charge in [-0.3, -0.25) is 0 Å². The van der Waals surface area contributed by atoms with E-state index in [1.165, 1.54) is 0 Å². The molecule has 0 aliphatic heterocycles. The lowest BCUT2D eigenvalue weighted by molar-refractivity contribution is -0.141. The van der Waals surface area contributed by atoms with Gasteiger partial charge in [-0.25, -0.2) is 4.98 Å². The second-order valence-electron chi connectivity index (χ2n) is 4.05. The molecule has 2 rings (SSSR count). The molecule has 2 nitrogen and oxygen atoms in total. The lowest BCUT2D eigenvalue weighted by atomic mass is 10.2. The van der Waals surface area contributed by atoms with E-state index in [1.807, 2.05) is 6.92 Å². The molecule has 1 aromatic heterocycles. The predicted molar refractivity (Wildman–Crippen MR) is 74.9 cm³/mol. The van der Waals surface area contributed by atoms with E-state index in [4.69, 9.17) is 11.6 Å². The molecule has 0 amide bonds. The maximum absolute atomic E-state index is 13.0. The summed E-state index contributed by atoms with van der Waals surface area (Å²) >= 11 is 7.02. The topological polar surface area (TPSA) is 24.9 Å². The van der Waals surface area contributed by atoms with Gasteiger partial charge in [-0.1, -0.05) is 36.7 Å². The normalized spacial score (nSPS) is 11.8. The number of hydrogen-bond donors (Lipinski definition) is 1. The number of benzene rings is 1. The number of rotatable bonds is 4. The lowest BCUT2D eigenvalue weighted by Gasteiger charge is -2.05. The molecule has 7 heteroatoms. The number of aromatic nitrogens is 1. The second kappa shape index (κ2) is 6.11. The van der Waals surface area contributed by atoms with Crippen LogP contribution in [0.25, 0.3) is 10.6 Å². The third-order valence-electron chi connectivity index (χ3n) is 2.61. The van der Waals surface area contributed by atoms with E-state index in [0.29, 0.717) is 17.1 Å². The van der Waals surface area contributed by atoms with Crippen molar-refractivity contribution in [2.75, 3.05) is 6.54 Å². The zero-order chi connectivity index (χ0) is 14.8. The van der Waals surface area contributed by atoms with E-state index in [0.717, 1.165) is 11.3 Å². The Labute approximate surface area is 123 Å². The van der Waals surface area contributed by atoms with Crippen LogP contribution in [-0.4, -0.2) is 11.5 Å². The van der Waals surface area contributed by atoms with Crippen molar-refractivity contribution in [3.8, 4) is 10.6 Å². The minimum Gasteiger partial charge on any atom is -0.312 e. The van der Waals surface area contributed by atoms with Crippen molar-refractivity contribution in [1.82, 2.24) is 10.3 Å². The Kier molecular flexibility index (Phi) is 4.67. The van der Waals surface area contributed by atoms with Crippen LogP contribution in [0.3, 0.4) is 0 Å². The second-order valence-corrected chi connectivity index (χ2v) is 5.54. The van der Waals surface area contributed by atoms with E-state index in [-0.39, 0.29) is 16.4 Å². The summed E-state index contributed by atoms with van der Waals surface area (Å²) in [7, 11) is 0. The fourth-order valence-electron chi connectivity index (χ4n) is 1.68. The molecule has 0 aliphatic carbocycles. The first-order chi connectivity index (χ1) is 9.43. The Bertz CT molecular complexity index is 596. The third-order valence-corrected chi connectivity index (χ3v) is 4.02. The summed E-state index contributed by atoms with van der Waals surface area (Å²) < 4.78 is 39.0. The molecule has 0 atom stereocenters. The van der Waals surface area contributed by atoms with Gasteiger partial charge >= 0.3 is 6.18 Å². The van der Waals surface area contributed by atoms with Gasteiger partial charge in [-0.2, -0.15) is 13.2 Å². The molecule has 0 saturated carbocycles. The number of nitrogens with zero attached hydrogens (tertiary/aromatic N) is 1. The van der Waals surface area contributed by atoms with Crippen LogP contribution in [0.5, 0.6) is 0 Å². The van der Waals surface area contributed by atoms with Crippen LogP contribution in [0.4, 0.5) is 13.2 Å². The summed E-state index contributed by atoms with van der Waals surface area (Å²) in [6, 6.07) is 6.75. The molecule has 0 spiro atoms. The van der Waals surface area contributed by atoms with Gasteiger partial charge < -0.3 is 5.32 Å². The molecule has 1 aromatic carbocycles. The fourth-order valence-corrected chi connectivity index (χ4v) is 3.05. The zero-order valence-electron chi connectivity index (χ0n) is 10.6. The van der Waals surface area contributed by atoms with Gasteiger partial charge in [0.1, 0.15) is 5.01 Å². The highest BCUT2D eigenvalue weighted by molar-refractivity contribution is 7.15. The van der Waals surface area contributed by atoms with Crippen molar-refractivity contribution in [1.29, 1.82) is 0 Å². The van der Waals surface area contributed by atoms with Gasteiger partial charge in [-0.05, 0) is 12.6 Å². The molecular weight excluding hydrogens is 309 g/mol. The highest BCUT2D eigenvalue weighted by Crippen LogP contribution is 2.39. The largest absolute Gasteiger partial charge is 0.434 e. The summed E-state index contributed by atoms with van der Waals surface area (Å²) in [5.41, 5.74) is -0.314. The first-order valence-electron chi connectivity index (χ1n) is 5.96. The van der Waals surface area contributed by atoms with E-state index < -0.39 is 11.9 Å². The van der Waals surface area contributed by atoms with Gasteiger partial charge in [0, 0.05) is 12.1 Å². The van der Waals surface area contributed by atoms with E-state index >= 15 is 0 Å². The van der Waals surface area contributed by atoms with Crippen molar-refractivity contribution in [3.05, 3.63) is 39.9 Å². The zero-order valence-corrected chi connectivity index (χ0v) is 12.2. The maximum atomic E-state index is 13.0. The monoisotopic (exact) mass is 320 g/mol. The van der Waals surface area contributed by atoms with E-state index in [2.05, 4.69) is 10.3 Å². The van der Waals surface area contributed by atoms with E-state index in [9.17, 15) is 13.2 Å². The average molecular weight is 321 g/mol. The quantitative estimate of drug-likeness (QED) is 0.891. The maximum Gasteiger partial charge on any atom is 0.434 e. The molecule has 1 heterocycles. The van der Waals surface area contributed by atoms with Crippen LogP contribution < -0.4 is 5.32 Å². The first-order valence-corrected chi connectivity index (χ1v) is 7.15. The standard InChI is InChI=1S/C13H12ClF3N2S/c1-2-18-7-10-11(13(15,16)17)19-12(20-10)8-5-3-4-6-9(8)14/h3-6,18H,2,7H2,1H3. The molecule has 0 fully saturated rings. The summed E-state index contributed by atoms with van der Waals surface area (Å²) in [5, 5.41) is 3.58. The smallest absolute Gasteiger partial charge is 0.312 e. The number of nitrogens with one attached hydrogen (secondary N) is 1. The summed E-state index contributed by atoms with van der Waals surface area (Å²) in [4.78, 5) is 3.91. The van der Waals surface area contributed by atoms with Crippen LogP contribution in [0.15, 0.2) is 24.3 Å². The Morgan fingerprint density at radius 3 is 2.60 bits per heavy atom. The Morgan fingerprint density at radius 2 is 2.00 bits per heavy atom. The molecule has 2 aromatic rings. The Hall–Kier alpha value is -1.11. The Balaban J connectivity index is 2.46. The van der Waals surface area contributed by atoms with E-state index in [1.54, 1.807) is 24.3 Å². The minimum absolute atomic E-state index is 0.146. The molecule has 0 aliphatic rings. The fraction of sp³-hybridized carbons (Fsp3) is 0.308. The molecule has 108 valence electrons. The summed E-state index contributed by atoms with van der Waals surface area (Å²) in [5.74, 6) is 0. The lowest BCUT2D eigenvalue weighted by Crippen LogP contribution is -2.15. The van der Waals surface area contributed by atoms with Crippen molar-refractivity contribution in [2.45, 2.75) is 19.6 Å². The van der Waals surface area contributed by atoms with Gasteiger partial charge in [-0.15, -0.1) is 11.3 Å². The SMILES string of the molecule is CCNCc1sc(-c2ccccc2Cl)nc1C(F)(F)F. The van der Waals surface area contributed by atoms with Crippen LogP contribution in [0, 0.1) is 0 Å². The molecular formula is C13H12ClF3N2S. The van der Waals surface area contributed by atoms with Crippen molar-refractivity contribution in [3.63, 3.8) is 0 Å². The molecule has 0 unspecified atom stereocenters. The molecule has 0 radical (unpaired) electrons. The summed E-state index contributed by atoms with van der Waals surface area (Å²) in [6.45, 7) is 2.58. The number of halogens is 4. The van der Waals surface area contributed by atoms with Crippen LogP contribution >= 0.6 is 22.9 Å². The van der Waals surface area contributed by atoms with Crippen molar-refractivity contribution < 1.29 is 13.2 Å². The van der Waals surface area contributed by atoms with Gasteiger partial charge in [0.25, 0.3) is 0 Å². The summed E-state index contributed by atoms with van der Waals surface area (Å²) in [6.07, 6.45) is -4.46. The Morgan fingerprint density at radius 1 is 1.30 bits per heavy atom. The third kappa shape index (κ3) is 3.31. The highest BCUT2D eigenvalue weighted by Gasteiger charge is 2.37.